The average Bonchev–Trinajstić information content (AvgIpc) is 3.60. The predicted molar refractivity (Wildman–Crippen MR) is 125 cm³/mol. The Bertz CT molecular complexity index is 992. The van der Waals surface area contributed by atoms with E-state index in [1.807, 2.05) is 18.2 Å². The second kappa shape index (κ2) is 8.51. The van der Waals surface area contributed by atoms with Gasteiger partial charge < -0.3 is 9.80 Å². The number of allylic oxidation sites excluding steroid dienone is 2. The lowest BCUT2D eigenvalue weighted by Gasteiger charge is -2.39. The van der Waals surface area contributed by atoms with Crippen LogP contribution < -0.4 is 0 Å². The minimum absolute atomic E-state index is 0.212. The summed E-state index contributed by atoms with van der Waals surface area (Å²) in [5.41, 5.74) is 7.27. The molecule has 1 saturated heterocycles. The standard InChI is InChI=1S/C27H31FN2/c1-19-7-5-6-8-25(19)20(2)17-23-9-12-27(28)26(18-23)22(4)30-15-13-29(14-16-30)21(3)24-10-11-24/h5-9,12,17-18,24H,3-4,10-11,13-16H2,1-2H3/b20-17+. The van der Waals surface area contributed by atoms with Crippen molar-refractivity contribution in [1.82, 2.24) is 9.80 Å². The molecule has 1 aliphatic carbocycles. The van der Waals surface area contributed by atoms with Gasteiger partial charge in [-0.05, 0) is 67.0 Å². The van der Waals surface area contributed by atoms with Crippen LogP contribution in [0.5, 0.6) is 0 Å². The van der Waals surface area contributed by atoms with Gasteiger partial charge in [0.1, 0.15) is 5.82 Å². The molecule has 0 atom stereocenters. The fraction of sp³-hybridized carbons (Fsp3) is 0.333. The Morgan fingerprint density at radius 3 is 2.30 bits per heavy atom. The SMILES string of the molecule is C=C(c1cc(/C=C(\C)c2ccccc2C)ccc1F)N1CCN(C(=C)C2CC2)CC1. The van der Waals surface area contributed by atoms with Crippen molar-refractivity contribution < 1.29 is 4.39 Å². The first kappa shape index (κ1) is 20.5. The van der Waals surface area contributed by atoms with Gasteiger partial charge in [-0.1, -0.05) is 49.6 Å². The number of nitrogens with zero attached hydrogens (tertiary/aromatic N) is 2. The van der Waals surface area contributed by atoms with Crippen LogP contribution in [-0.2, 0) is 0 Å². The van der Waals surface area contributed by atoms with E-state index in [2.05, 4.69) is 61.1 Å². The van der Waals surface area contributed by atoms with Gasteiger partial charge in [0.15, 0.2) is 0 Å². The molecule has 1 aliphatic heterocycles. The normalized spacial score (nSPS) is 17.2. The summed E-state index contributed by atoms with van der Waals surface area (Å²) in [6.07, 6.45) is 4.68. The van der Waals surface area contributed by atoms with Gasteiger partial charge in [-0.15, -0.1) is 0 Å². The summed E-state index contributed by atoms with van der Waals surface area (Å²) in [5, 5.41) is 0. The predicted octanol–water partition coefficient (Wildman–Crippen LogP) is 6.21. The Balaban J connectivity index is 1.49. The van der Waals surface area contributed by atoms with Crippen LogP contribution in [0.1, 0.15) is 42.0 Å². The highest BCUT2D eigenvalue weighted by molar-refractivity contribution is 5.82. The van der Waals surface area contributed by atoms with Crippen LogP contribution in [0.3, 0.4) is 0 Å². The molecule has 1 saturated carbocycles. The molecule has 0 bridgehead atoms. The van der Waals surface area contributed by atoms with E-state index in [4.69, 9.17) is 0 Å². The maximum absolute atomic E-state index is 14.7. The Kier molecular flexibility index (Phi) is 5.80. The molecule has 2 fully saturated rings. The third kappa shape index (κ3) is 4.35. The molecule has 0 unspecified atom stereocenters. The second-order valence-corrected chi connectivity index (χ2v) is 8.57. The fourth-order valence-electron chi connectivity index (χ4n) is 4.31. The van der Waals surface area contributed by atoms with Crippen molar-refractivity contribution in [2.45, 2.75) is 26.7 Å². The number of hydrogen-bond donors (Lipinski definition) is 0. The first-order valence-corrected chi connectivity index (χ1v) is 10.9. The number of rotatable bonds is 6. The number of halogens is 1. The summed E-state index contributed by atoms with van der Waals surface area (Å²) >= 11 is 0. The third-order valence-corrected chi connectivity index (χ3v) is 6.37. The van der Waals surface area contributed by atoms with Gasteiger partial charge in [0.05, 0.1) is 0 Å². The molecule has 156 valence electrons. The van der Waals surface area contributed by atoms with Gasteiger partial charge in [-0.2, -0.15) is 0 Å². The lowest BCUT2D eigenvalue weighted by Crippen LogP contribution is -2.44. The summed E-state index contributed by atoms with van der Waals surface area (Å²) in [7, 11) is 0. The topological polar surface area (TPSA) is 6.48 Å². The molecule has 0 radical (unpaired) electrons. The summed E-state index contributed by atoms with van der Waals surface area (Å²) in [5.74, 6) is 0.479. The number of piperazine rings is 1. The first-order chi connectivity index (χ1) is 14.4. The van der Waals surface area contributed by atoms with E-state index in [0.29, 0.717) is 11.5 Å². The monoisotopic (exact) mass is 402 g/mol. The van der Waals surface area contributed by atoms with Gasteiger partial charge in [-0.3, -0.25) is 0 Å². The van der Waals surface area contributed by atoms with Crippen molar-refractivity contribution in [3.63, 3.8) is 0 Å². The average molecular weight is 403 g/mol. The van der Waals surface area contributed by atoms with Crippen LogP contribution in [0.4, 0.5) is 4.39 Å². The summed E-state index contributed by atoms with van der Waals surface area (Å²) in [6.45, 7) is 16.3. The van der Waals surface area contributed by atoms with Crippen LogP contribution in [0.25, 0.3) is 17.3 Å². The Morgan fingerprint density at radius 2 is 1.63 bits per heavy atom. The van der Waals surface area contributed by atoms with Gasteiger partial charge >= 0.3 is 0 Å². The number of benzene rings is 2. The summed E-state index contributed by atoms with van der Waals surface area (Å²) in [4.78, 5) is 4.60. The van der Waals surface area contributed by atoms with E-state index in [1.165, 1.54) is 35.2 Å². The van der Waals surface area contributed by atoms with Crippen LogP contribution >= 0.6 is 0 Å². The zero-order chi connectivity index (χ0) is 21.3. The van der Waals surface area contributed by atoms with Gasteiger partial charge in [0.25, 0.3) is 0 Å². The lowest BCUT2D eigenvalue weighted by atomic mass is 9.98. The van der Waals surface area contributed by atoms with Crippen molar-refractivity contribution in [1.29, 1.82) is 0 Å². The molecule has 2 aromatic carbocycles. The van der Waals surface area contributed by atoms with Gasteiger partial charge in [0, 0.05) is 43.1 Å². The molecule has 4 rings (SSSR count). The van der Waals surface area contributed by atoms with Crippen molar-refractivity contribution in [3.05, 3.63) is 89.4 Å². The minimum Gasteiger partial charge on any atom is -0.372 e. The smallest absolute Gasteiger partial charge is 0.132 e. The zero-order valence-electron chi connectivity index (χ0n) is 18.1. The fourth-order valence-corrected chi connectivity index (χ4v) is 4.31. The van der Waals surface area contributed by atoms with Crippen LogP contribution in [0.15, 0.2) is 61.3 Å². The zero-order valence-corrected chi connectivity index (χ0v) is 18.1. The molecule has 0 aromatic heterocycles. The van der Waals surface area contributed by atoms with Crippen molar-refractivity contribution in [3.8, 4) is 0 Å². The molecular weight excluding hydrogens is 371 g/mol. The van der Waals surface area contributed by atoms with Gasteiger partial charge in [-0.25, -0.2) is 4.39 Å². The summed E-state index contributed by atoms with van der Waals surface area (Å²) < 4.78 is 14.7. The molecule has 0 amide bonds. The maximum Gasteiger partial charge on any atom is 0.132 e. The number of hydrogen-bond acceptors (Lipinski definition) is 2. The molecule has 30 heavy (non-hydrogen) atoms. The lowest BCUT2D eigenvalue weighted by molar-refractivity contribution is 0.207. The van der Waals surface area contributed by atoms with Crippen molar-refractivity contribution >= 4 is 17.3 Å². The quantitative estimate of drug-likeness (QED) is 0.530. The van der Waals surface area contributed by atoms with Crippen LogP contribution in [-0.4, -0.2) is 36.0 Å². The molecule has 2 nitrogen and oxygen atoms in total. The third-order valence-electron chi connectivity index (χ3n) is 6.37. The van der Waals surface area contributed by atoms with E-state index in [0.717, 1.165) is 37.4 Å². The van der Waals surface area contributed by atoms with Crippen molar-refractivity contribution in [2.24, 2.45) is 5.92 Å². The maximum atomic E-state index is 14.7. The van der Waals surface area contributed by atoms with Crippen LogP contribution in [0, 0.1) is 18.7 Å². The van der Waals surface area contributed by atoms with Crippen molar-refractivity contribution in [2.75, 3.05) is 26.2 Å². The molecular formula is C27H31FN2. The van der Waals surface area contributed by atoms with E-state index in [-0.39, 0.29) is 5.82 Å². The highest BCUT2D eigenvalue weighted by Crippen LogP contribution is 2.37. The summed E-state index contributed by atoms with van der Waals surface area (Å²) in [6, 6.07) is 13.7. The van der Waals surface area contributed by atoms with E-state index in [9.17, 15) is 4.39 Å². The molecule has 2 aliphatic rings. The number of aryl methyl sites for hydroxylation is 1. The largest absolute Gasteiger partial charge is 0.372 e. The van der Waals surface area contributed by atoms with E-state index >= 15 is 0 Å². The van der Waals surface area contributed by atoms with E-state index in [1.54, 1.807) is 6.07 Å². The Morgan fingerprint density at radius 1 is 0.967 bits per heavy atom. The Labute approximate surface area is 180 Å². The minimum atomic E-state index is -0.212. The molecule has 3 heteroatoms. The highest BCUT2D eigenvalue weighted by Gasteiger charge is 2.30. The second-order valence-electron chi connectivity index (χ2n) is 8.57. The molecule has 0 spiro atoms. The highest BCUT2D eigenvalue weighted by atomic mass is 19.1. The van der Waals surface area contributed by atoms with E-state index < -0.39 is 0 Å². The van der Waals surface area contributed by atoms with Gasteiger partial charge in [0.2, 0.25) is 0 Å². The molecule has 1 heterocycles. The Hall–Kier alpha value is -2.81. The molecule has 0 N–H and O–H groups in total. The van der Waals surface area contributed by atoms with Crippen LogP contribution in [0.2, 0.25) is 0 Å². The molecule has 2 aromatic rings. The first-order valence-electron chi connectivity index (χ1n) is 10.9.